The predicted octanol–water partition coefficient (Wildman–Crippen LogP) is 10.6. The summed E-state index contributed by atoms with van der Waals surface area (Å²) in [7, 11) is -4.37. The maximum absolute atomic E-state index is 12.5. The van der Waals surface area contributed by atoms with Gasteiger partial charge < -0.3 is 20.1 Å². The van der Waals surface area contributed by atoms with Gasteiger partial charge in [0.25, 0.3) is 0 Å². The van der Waals surface area contributed by atoms with Gasteiger partial charge in [-0.15, -0.1) is 0 Å². The molecule has 10 heteroatoms. The summed E-state index contributed by atoms with van der Waals surface area (Å²) >= 11 is 0. The van der Waals surface area contributed by atoms with Gasteiger partial charge >= 0.3 is 19.8 Å². The fraction of sp³-hybridized carbons (Fsp3) is 0.795. The number of esters is 2. The zero-order chi connectivity index (χ0) is 36.1. The van der Waals surface area contributed by atoms with E-state index in [2.05, 4.69) is 50.3 Å². The Labute approximate surface area is 299 Å². The number of phosphoric acid groups is 1. The molecule has 0 fully saturated rings. The van der Waals surface area contributed by atoms with Gasteiger partial charge in [0, 0.05) is 19.4 Å². The standard InChI is InChI=1S/C39H72NO8P/c1-3-5-7-9-11-13-15-16-17-18-19-20-22-23-25-27-29-31-38(41)45-35-37(36-47-49(43,44)46-34-33-40)48-39(42)32-30-28-26-24-21-14-12-10-8-6-4-2/h10-13,16-17,37H,3-9,14-15,18-36,40H2,1-2H3,(H,43,44)/b12-10+,13-11+,17-16+/t37-/m0/s1. The Bertz CT molecular complexity index is 907. The van der Waals surface area contributed by atoms with Crippen LogP contribution in [0.4, 0.5) is 0 Å². The smallest absolute Gasteiger partial charge is 0.462 e. The van der Waals surface area contributed by atoms with Crippen LogP contribution in [0, 0.1) is 0 Å². The van der Waals surface area contributed by atoms with E-state index in [1.165, 1.54) is 57.8 Å². The molecule has 0 aromatic heterocycles. The normalized spacial score (nSPS) is 13.8. The number of nitrogens with two attached hydrogens (primary N) is 1. The van der Waals surface area contributed by atoms with Crippen molar-refractivity contribution in [2.24, 2.45) is 5.73 Å². The van der Waals surface area contributed by atoms with Gasteiger partial charge in [0.2, 0.25) is 0 Å². The van der Waals surface area contributed by atoms with Crippen LogP contribution in [0.1, 0.15) is 168 Å². The van der Waals surface area contributed by atoms with Gasteiger partial charge in [-0.1, -0.05) is 127 Å². The molecule has 0 bridgehead atoms. The van der Waals surface area contributed by atoms with Crippen molar-refractivity contribution in [2.75, 3.05) is 26.4 Å². The lowest BCUT2D eigenvalue weighted by molar-refractivity contribution is -0.161. The van der Waals surface area contributed by atoms with Crippen LogP contribution in [0.2, 0.25) is 0 Å². The first kappa shape index (κ1) is 47.2. The van der Waals surface area contributed by atoms with Crippen LogP contribution in [0.5, 0.6) is 0 Å². The van der Waals surface area contributed by atoms with Crippen molar-refractivity contribution in [3.8, 4) is 0 Å². The van der Waals surface area contributed by atoms with Crippen molar-refractivity contribution >= 4 is 19.8 Å². The molecule has 0 radical (unpaired) electrons. The van der Waals surface area contributed by atoms with Crippen molar-refractivity contribution in [1.29, 1.82) is 0 Å². The Balaban J connectivity index is 4.20. The summed E-state index contributed by atoms with van der Waals surface area (Å²) in [5, 5.41) is 0. The van der Waals surface area contributed by atoms with E-state index in [-0.39, 0.29) is 32.6 Å². The van der Waals surface area contributed by atoms with E-state index < -0.39 is 32.5 Å². The first-order valence-corrected chi connectivity index (χ1v) is 21.0. The minimum atomic E-state index is -4.37. The van der Waals surface area contributed by atoms with E-state index in [9.17, 15) is 19.0 Å². The van der Waals surface area contributed by atoms with Crippen molar-refractivity contribution < 1.29 is 37.6 Å². The topological polar surface area (TPSA) is 134 Å². The number of carbonyl (C=O) groups is 2. The van der Waals surface area contributed by atoms with Crippen LogP contribution in [0.15, 0.2) is 36.5 Å². The van der Waals surface area contributed by atoms with E-state index in [4.69, 9.17) is 24.3 Å². The summed E-state index contributed by atoms with van der Waals surface area (Å²) in [6, 6.07) is 0. The monoisotopic (exact) mass is 713 g/mol. The lowest BCUT2D eigenvalue weighted by Crippen LogP contribution is -2.29. The molecule has 0 amide bonds. The molecule has 49 heavy (non-hydrogen) atoms. The fourth-order valence-corrected chi connectivity index (χ4v) is 5.82. The molecule has 0 aliphatic carbocycles. The van der Waals surface area contributed by atoms with Gasteiger partial charge in [-0.25, -0.2) is 4.57 Å². The molecular formula is C39H72NO8P. The molecule has 0 spiro atoms. The zero-order valence-electron chi connectivity index (χ0n) is 31.2. The molecule has 0 aromatic rings. The van der Waals surface area contributed by atoms with Gasteiger partial charge in [0.1, 0.15) is 6.61 Å². The molecule has 0 heterocycles. The SMILES string of the molecule is CCCC/C=C/CCCCCCCC(=O)O[C@@H](COC(=O)CCCCCCCCC/C=C/C/C=C/CCCCC)COP(=O)(O)OCCN. The molecule has 0 aliphatic rings. The number of allylic oxidation sites excluding steroid dienone is 6. The summed E-state index contributed by atoms with van der Waals surface area (Å²) in [5.74, 6) is -0.851. The van der Waals surface area contributed by atoms with Crippen LogP contribution < -0.4 is 5.73 Å². The third kappa shape index (κ3) is 35.8. The van der Waals surface area contributed by atoms with E-state index in [0.29, 0.717) is 6.42 Å². The van der Waals surface area contributed by atoms with E-state index in [1.807, 2.05) is 0 Å². The molecule has 0 saturated carbocycles. The van der Waals surface area contributed by atoms with Crippen LogP contribution in [-0.4, -0.2) is 49.3 Å². The molecule has 3 N–H and O–H groups in total. The van der Waals surface area contributed by atoms with Gasteiger partial charge in [0.05, 0.1) is 13.2 Å². The molecule has 2 atom stereocenters. The van der Waals surface area contributed by atoms with Gasteiger partial charge in [-0.3, -0.25) is 18.6 Å². The van der Waals surface area contributed by atoms with E-state index in [0.717, 1.165) is 77.0 Å². The number of rotatable bonds is 36. The zero-order valence-corrected chi connectivity index (χ0v) is 32.1. The van der Waals surface area contributed by atoms with E-state index in [1.54, 1.807) is 0 Å². The Morgan fingerprint density at radius 3 is 1.63 bits per heavy atom. The van der Waals surface area contributed by atoms with Gasteiger partial charge in [-0.2, -0.15) is 0 Å². The summed E-state index contributed by atoms with van der Waals surface area (Å²) < 4.78 is 32.6. The third-order valence-corrected chi connectivity index (χ3v) is 8.98. The van der Waals surface area contributed by atoms with Crippen LogP contribution in [-0.2, 0) is 32.7 Å². The molecule has 0 saturated heterocycles. The van der Waals surface area contributed by atoms with Gasteiger partial charge in [-0.05, 0) is 64.2 Å². The Hall–Kier alpha value is -1.77. The summed E-state index contributed by atoms with van der Waals surface area (Å²) in [6.07, 6.45) is 37.4. The first-order chi connectivity index (χ1) is 23.8. The molecule has 286 valence electrons. The minimum absolute atomic E-state index is 0.0504. The van der Waals surface area contributed by atoms with Crippen molar-refractivity contribution in [1.82, 2.24) is 0 Å². The average molecular weight is 714 g/mol. The Morgan fingerprint density at radius 2 is 1.08 bits per heavy atom. The fourth-order valence-electron chi connectivity index (χ4n) is 5.06. The number of hydrogen-bond donors (Lipinski definition) is 2. The molecular weight excluding hydrogens is 641 g/mol. The molecule has 0 rings (SSSR count). The summed E-state index contributed by atoms with van der Waals surface area (Å²) in [5.41, 5.74) is 5.33. The lowest BCUT2D eigenvalue weighted by Gasteiger charge is -2.19. The van der Waals surface area contributed by atoms with Crippen molar-refractivity contribution in [3.05, 3.63) is 36.5 Å². The number of ether oxygens (including phenoxy) is 2. The minimum Gasteiger partial charge on any atom is -0.462 e. The highest BCUT2D eigenvalue weighted by Gasteiger charge is 2.25. The maximum Gasteiger partial charge on any atom is 0.472 e. The van der Waals surface area contributed by atoms with Gasteiger partial charge in [0.15, 0.2) is 6.10 Å². The highest BCUT2D eigenvalue weighted by Crippen LogP contribution is 2.43. The summed E-state index contributed by atoms with van der Waals surface area (Å²) in [4.78, 5) is 34.7. The van der Waals surface area contributed by atoms with Crippen molar-refractivity contribution in [3.63, 3.8) is 0 Å². The highest BCUT2D eigenvalue weighted by molar-refractivity contribution is 7.47. The maximum atomic E-state index is 12.5. The number of carbonyl (C=O) groups excluding carboxylic acids is 2. The Morgan fingerprint density at radius 1 is 0.612 bits per heavy atom. The molecule has 0 aliphatic heterocycles. The third-order valence-electron chi connectivity index (χ3n) is 8.00. The largest absolute Gasteiger partial charge is 0.472 e. The van der Waals surface area contributed by atoms with Crippen molar-refractivity contribution in [2.45, 2.75) is 174 Å². The van der Waals surface area contributed by atoms with Crippen LogP contribution in [0.25, 0.3) is 0 Å². The number of hydrogen-bond acceptors (Lipinski definition) is 8. The summed E-state index contributed by atoms with van der Waals surface area (Å²) in [6.45, 7) is 3.63. The van der Waals surface area contributed by atoms with Crippen LogP contribution >= 0.6 is 7.82 Å². The Kier molecular flexibility index (Phi) is 34.7. The molecule has 0 aromatic carbocycles. The number of phosphoric ester groups is 1. The second-order valence-electron chi connectivity index (χ2n) is 12.8. The quantitative estimate of drug-likeness (QED) is 0.0281. The second-order valence-corrected chi connectivity index (χ2v) is 14.2. The highest BCUT2D eigenvalue weighted by atomic mass is 31.2. The second kappa shape index (κ2) is 36.0. The van der Waals surface area contributed by atoms with Crippen LogP contribution in [0.3, 0.4) is 0 Å². The predicted molar refractivity (Wildman–Crippen MR) is 201 cm³/mol. The molecule has 9 nitrogen and oxygen atoms in total. The number of unbranched alkanes of at least 4 members (excludes halogenated alkanes) is 17. The first-order valence-electron chi connectivity index (χ1n) is 19.5. The van der Waals surface area contributed by atoms with E-state index >= 15 is 0 Å². The lowest BCUT2D eigenvalue weighted by atomic mass is 10.1. The average Bonchev–Trinajstić information content (AvgIpc) is 3.08. The molecule has 1 unspecified atom stereocenters.